The first-order valence-corrected chi connectivity index (χ1v) is 9.92. The number of hydrogen-bond donors (Lipinski definition) is 0. The minimum absolute atomic E-state index is 0.0409. The van der Waals surface area contributed by atoms with Gasteiger partial charge in [-0.15, -0.1) is 0 Å². The second-order valence-corrected chi connectivity index (χ2v) is 8.15. The van der Waals surface area contributed by atoms with Gasteiger partial charge in [-0.25, -0.2) is 9.97 Å². The Bertz CT molecular complexity index is 892. The van der Waals surface area contributed by atoms with Crippen molar-refractivity contribution in [1.29, 1.82) is 0 Å². The number of piperidine rings is 1. The van der Waals surface area contributed by atoms with E-state index >= 15 is 0 Å². The van der Waals surface area contributed by atoms with Gasteiger partial charge in [-0.05, 0) is 31.3 Å². The summed E-state index contributed by atoms with van der Waals surface area (Å²) in [5.74, 6) is 2.75. The van der Waals surface area contributed by atoms with E-state index in [4.69, 9.17) is 9.97 Å². The second kappa shape index (κ2) is 6.25. The van der Waals surface area contributed by atoms with Gasteiger partial charge in [-0.2, -0.15) is 0 Å². The Hall–Kier alpha value is -2.57. The van der Waals surface area contributed by atoms with Gasteiger partial charge in [0.2, 0.25) is 11.9 Å². The molecule has 0 radical (unpaired) electrons. The quantitative estimate of drug-likeness (QED) is 0.777. The molecule has 5 rings (SSSR count). The Kier molecular flexibility index (Phi) is 3.84. The molecular formula is C20H26N6O. The van der Waals surface area contributed by atoms with E-state index in [2.05, 4.69) is 27.7 Å². The third-order valence-electron chi connectivity index (χ3n) is 6.33. The largest absolute Gasteiger partial charge is 0.348 e. The number of imidazole rings is 1. The number of anilines is 2. The number of likely N-dealkylation sites (tertiary alicyclic amines) is 1. The van der Waals surface area contributed by atoms with Gasteiger partial charge in [0.15, 0.2) is 5.82 Å². The van der Waals surface area contributed by atoms with E-state index in [0.29, 0.717) is 12.0 Å². The number of rotatable bonds is 3. The summed E-state index contributed by atoms with van der Waals surface area (Å²) in [6.45, 7) is 9.64. The zero-order chi connectivity index (χ0) is 18.5. The first kappa shape index (κ1) is 16.6. The fourth-order valence-electron chi connectivity index (χ4n) is 5.04. The minimum Gasteiger partial charge on any atom is -0.348 e. The second-order valence-electron chi connectivity index (χ2n) is 8.15. The van der Waals surface area contributed by atoms with Gasteiger partial charge in [0.1, 0.15) is 5.52 Å². The normalized spacial score (nSPS) is 27.6. The topological polar surface area (TPSA) is 57.0 Å². The van der Waals surface area contributed by atoms with Crippen LogP contribution in [-0.4, -0.2) is 63.4 Å². The Labute approximate surface area is 159 Å². The molecule has 3 aliphatic rings. The summed E-state index contributed by atoms with van der Waals surface area (Å²) < 4.78 is 2.18. The van der Waals surface area contributed by atoms with Gasteiger partial charge in [0.25, 0.3) is 0 Å². The molecule has 2 aromatic rings. The van der Waals surface area contributed by atoms with Crippen molar-refractivity contribution in [1.82, 2.24) is 19.3 Å². The van der Waals surface area contributed by atoms with Crippen molar-refractivity contribution in [3.63, 3.8) is 0 Å². The van der Waals surface area contributed by atoms with Crippen molar-refractivity contribution >= 4 is 23.2 Å². The first-order chi connectivity index (χ1) is 13.2. The maximum atomic E-state index is 12.0. The molecule has 0 aromatic carbocycles. The van der Waals surface area contributed by atoms with E-state index in [-0.39, 0.29) is 11.9 Å². The van der Waals surface area contributed by atoms with E-state index in [1.807, 2.05) is 23.5 Å². The molecule has 0 aliphatic carbocycles. The third-order valence-corrected chi connectivity index (χ3v) is 6.33. The van der Waals surface area contributed by atoms with E-state index in [1.54, 1.807) is 0 Å². The molecule has 0 N–H and O–H groups in total. The standard InChI is InChI=1S/C20H26N6O/c1-3-18(27)25-12-16-9-15(25)13-26(16)19-17-10-22-20(24(17)8-6-21-19)23-7-4-5-14(2)11-23/h3,6,8,10,14-16H,1,4-5,7,9,11-13H2,2H3/t14-,15+,16+/m1/s1. The van der Waals surface area contributed by atoms with Crippen molar-refractivity contribution in [3.8, 4) is 0 Å². The Morgan fingerprint density at radius 1 is 1.26 bits per heavy atom. The SMILES string of the molecule is C=CC(=O)N1C[C@@H]2C[C@H]1CN2c1nccn2c(N3CCC[C@@H](C)C3)ncc12. The van der Waals surface area contributed by atoms with Crippen molar-refractivity contribution in [2.45, 2.75) is 38.3 Å². The van der Waals surface area contributed by atoms with Gasteiger partial charge in [-0.1, -0.05) is 13.5 Å². The maximum absolute atomic E-state index is 12.0. The average molecular weight is 366 g/mol. The highest BCUT2D eigenvalue weighted by Gasteiger charge is 2.45. The van der Waals surface area contributed by atoms with Gasteiger partial charge in [-0.3, -0.25) is 9.20 Å². The van der Waals surface area contributed by atoms with Crippen molar-refractivity contribution in [3.05, 3.63) is 31.2 Å². The van der Waals surface area contributed by atoms with Crippen LogP contribution in [0.2, 0.25) is 0 Å². The number of aromatic nitrogens is 3. The van der Waals surface area contributed by atoms with Crippen LogP contribution in [0, 0.1) is 5.92 Å². The first-order valence-electron chi connectivity index (χ1n) is 9.92. The van der Waals surface area contributed by atoms with E-state index in [1.165, 1.54) is 18.9 Å². The molecule has 142 valence electrons. The van der Waals surface area contributed by atoms with Crippen LogP contribution in [0.5, 0.6) is 0 Å². The highest BCUT2D eigenvalue weighted by atomic mass is 16.2. The lowest BCUT2D eigenvalue weighted by molar-refractivity contribution is -0.127. The highest BCUT2D eigenvalue weighted by molar-refractivity contribution is 5.88. The van der Waals surface area contributed by atoms with E-state index in [9.17, 15) is 4.79 Å². The monoisotopic (exact) mass is 366 g/mol. The summed E-state index contributed by atoms with van der Waals surface area (Å²) in [5, 5.41) is 0. The summed E-state index contributed by atoms with van der Waals surface area (Å²) in [6, 6.07) is 0.582. The maximum Gasteiger partial charge on any atom is 0.246 e. The van der Waals surface area contributed by atoms with Crippen LogP contribution >= 0.6 is 0 Å². The summed E-state index contributed by atoms with van der Waals surface area (Å²) in [6.07, 6.45) is 10.8. The van der Waals surface area contributed by atoms with E-state index < -0.39 is 0 Å². The van der Waals surface area contributed by atoms with Crippen LogP contribution in [0.25, 0.3) is 5.52 Å². The molecule has 2 aromatic heterocycles. The Morgan fingerprint density at radius 3 is 2.89 bits per heavy atom. The number of carbonyl (C=O) groups is 1. The average Bonchev–Trinajstić information content (AvgIpc) is 3.40. The molecule has 27 heavy (non-hydrogen) atoms. The molecule has 7 heteroatoms. The summed E-state index contributed by atoms with van der Waals surface area (Å²) in [4.78, 5) is 28.2. The minimum atomic E-state index is 0.0409. The van der Waals surface area contributed by atoms with Crippen LogP contribution < -0.4 is 9.80 Å². The van der Waals surface area contributed by atoms with Crippen molar-refractivity contribution in [2.75, 3.05) is 36.0 Å². The number of carbonyl (C=O) groups excluding carboxylic acids is 1. The fourth-order valence-corrected chi connectivity index (χ4v) is 5.04. The molecule has 5 heterocycles. The van der Waals surface area contributed by atoms with Crippen LogP contribution in [0.15, 0.2) is 31.2 Å². The predicted octanol–water partition coefficient (Wildman–Crippen LogP) is 1.94. The number of hydrogen-bond acceptors (Lipinski definition) is 5. The smallest absolute Gasteiger partial charge is 0.246 e. The molecular weight excluding hydrogens is 340 g/mol. The van der Waals surface area contributed by atoms with Crippen LogP contribution in [0.4, 0.5) is 11.8 Å². The molecule has 3 atom stereocenters. The number of nitrogens with zero attached hydrogens (tertiary/aromatic N) is 6. The lowest BCUT2D eigenvalue weighted by Crippen LogP contribution is -2.48. The zero-order valence-electron chi connectivity index (χ0n) is 15.8. The molecule has 0 unspecified atom stereocenters. The molecule has 0 spiro atoms. The van der Waals surface area contributed by atoms with Gasteiger partial charge in [0, 0.05) is 38.6 Å². The molecule has 3 fully saturated rings. The molecule has 0 saturated carbocycles. The Morgan fingerprint density at radius 2 is 2.15 bits per heavy atom. The van der Waals surface area contributed by atoms with Gasteiger partial charge < -0.3 is 14.7 Å². The molecule has 7 nitrogen and oxygen atoms in total. The highest BCUT2D eigenvalue weighted by Crippen LogP contribution is 2.36. The lowest BCUT2D eigenvalue weighted by atomic mass is 10.0. The lowest BCUT2D eigenvalue weighted by Gasteiger charge is -2.34. The molecule has 3 saturated heterocycles. The third kappa shape index (κ3) is 2.59. The number of piperazine rings is 1. The number of amides is 1. The van der Waals surface area contributed by atoms with Crippen molar-refractivity contribution in [2.24, 2.45) is 5.92 Å². The molecule has 1 amide bonds. The molecule has 2 bridgehead atoms. The summed E-state index contributed by atoms with van der Waals surface area (Å²) >= 11 is 0. The van der Waals surface area contributed by atoms with Gasteiger partial charge in [0.05, 0.1) is 18.3 Å². The number of fused-ring (bicyclic) bond motifs is 3. The zero-order valence-corrected chi connectivity index (χ0v) is 15.8. The van der Waals surface area contributed by atoms with Crippen LogP contribution in [0.3, 0.4) is 0 Å². The summed E-state index contributed by atoms with van der Waals surface area (Å²) in [5.41, 5.74) is 1.06. The predicted molar refractivity (Wildman–Crippen MR) is 105 cm³/mol. The van der Waals surface area contributed by atoms with E-state index in [0.717, 1.165) is 49.9 Å². The van der Waals surface area contributed by atoms with Crippen LogP contribution in [0.1, 0.15) is 26.2 Å². The van der Waals surface area contributed by atoms with Crippen molar-refractivity contribution < 1.29 is 4.79 Å². The fraction of sp³-hybridized carbons (Fsp3) is 0.550. The Balaban J connectivity index is 1.44. The summed E-state index contributed by atoms with van der Waals surface area (Å²) in [7, 11) is 0. The molecule has 3 aliphatic heterocycles. The van der Waals surface area contributed by atoms with Gasteiger partial charge >= 0.3 is 0 Å². The van der Waals surface area contributed by atoms with Crippen LogP contribution in [-0.2, 0) is 4.79 Å².